The van der Waals surface area contributed by atoms with Crippen molar-refractivity contribution in [3.63, 3.8) is 0 Å². The van der Waals surface area contributed by atoms with Crippen LogP contribution in [-0.4, -0.2) is 33.2 Å². The van der Waals surface area contributed by atoms with Gasteiger partial charge in [0, 0.05) is 11.4 Å². The van der Waals surface area contributed by atoms with Crippen molar-refractivity contribution in [2.75, 3.05) is 23.1 Å². The van der Waals surface area contributed by atoms with E-state index in [1.165, 1.54) is 14.8 Å². The Morgan fingerprint density at radius 1 is 0.906 bits per heavy atom. The van der Waals surface area contributed by atoms with E-state index < -0.39 is 10.0 Å². The Bertz CT molecular complexity index is 1130. The number of carbonyl (C=O) groups excluding carboxylic acids is 1. The molecule has 32 heavy (non-hydrogen) atoms. The summed E-state index contributed by atoms with van der Waals surface area (Å²) in [4.78, 5) is 14.0. The van der Waals surface area contributed by atoms with E-state index >= 15 is 0 Å². The first kappa shape index (κ1) is 23.9. The number of hydrogen-bond acceptors (Lipinski definition) is 4. The molecule has 0 saturated carbocycles. The minimum absolute atomic E-state index is 0.158. The van der Waals surface area contributed by atoms with Crippen molar-refractivity contribution in [1.29, 1.82) is 0 Å². The molecule has 0 aliphatic rings. The average molecular weight is 469 g/mol. The molecule has 3 aromatic rings. The van der Waals surface area contributed by atoms with Crippen LogP contribution in [0.15, 0.2) is 88.7 Å². The van der Waals surface area contributed by atoms with Gasteiger partial charge in [0.25, 0.3) is 10.0 Å². The maximum Gasteiger partial charge on any atom is 0.264 e. The van der Waals surface area contributed by atoms with Crippen molar-refractivity contribution in [2.45, 2.75) is 30.1 Å². The molecule has 0 bridgehead atoms. The maximum absolute atomic E-state index is 13.3. The molecular formula is C25H28N2O3S2. The van der Waals surface area contributed by atoms with Crippen molar-refractivity contribution in [1.82, 2.24) is 5.32 Å². The summed E-state index contributed by atoms with van der Waals surface area (Å²) < 4.78 is 27.8. The van der Waals surface area contributed by atoms with E-state index in [9.17, 15) is 13.2 Å². The molecule has 5 nitrogen and oxygen atoms in total. The third-order valence-corrected chi connectivity index (χ3v) is 7.81. The zero-order chi connectivity index (χ0) is 23.0. The Labute approximate surface area is 194 Å². The van der Waals surface area contributed by atoms with E-state index in [1.54, 1.807) is 54.2 Å². The first-order chi connectivity index (χ1) is 15.4. The zero-order valence-corrected chi connectivity index (χ0v) is 20.0. The van der Waals surface area contributed by atoms with Crippen molar-refractivity contribution in [2.24, 2.45) is 0 Å². The van der Waals surface area contributed by atoms with Gasteiger partial charge in [-0.25, -0.2) is 8.42 Å². The van der Waals surface area contributed by atoms with Crippen molar-refractivity contribution < 1.29 is 13.2 Å². The molecule has 1 N–H and O–H groups in total. The molecule has 3 rings (SSSR count). The van der Waals surface area contributed by atoms with Crippen LogP contribution in [0.2, 0.25) is 0 Å². The molecular weight excluding hydrogens is 440 g/mol. The van der Waals surface area contributed by atoms with Gasteiger partial charge in [0.05, 0.1) is 10.6 Å². The van der Waals surface area contributed by atoms with E-state index in [4.69, 9.17) is 0 Å². The maximum atomic E-state index is 13.3. The Morgan fingerprint density at radius 3 is 2.25 bits per heavy atom. The van der Waals surface area contributed by atoms with Crippen LogP contribution in [-0.2, 0) is 14.8 Å². The number of nitrogens with zero attached hydrogens (tertiary/aromatic N) is 1. The summed E-state index contributed by atoms with van der Waals surface area (Å²) in [7, 11) is -3.88. The molecule has 3 aromatic carbocycles. The second kappa shape index (κ2) is 11.2. The third-order valence-electron chi connectivity index (χ3n) is 4.94. The van der Waals surface area contributed by atoms with Gasteiger partial charge >= 0.3 is 0 Å². The fourth-order valence-electron chi connectivity index (χ4n) is 3.17. The van der Waals surface area contributed by atoms with Crippen molar-refractivity contribution in [3.8, 4) is 0 Å². The van der Waals surface area contributed by atoms with Crippen molar-refractivity contribution in [3.05, 3.63) is 90.0 Å². The number of thioether (sulfide) groups is 1. The number of rotatable bonds is 10. The summed E-state index contributed by atoms with van der Waals surface area (Å²) in [5.41, 5.74) is 2.51. The van der Waals surface area contributed by atoms with E-state index in [0.29, 0.717) is 12.2 Å². The lowest BCUT2D eigenvalue weighted by atomic mass is 10.2. The number of benzene rings is 3. The van der Waals surface area contributed by atoms with Crippen LogP contribution in [0.3, 0.4) is 0 Å². The minimum atomic E-state index is -3.88. The van der Waals surface area contributed by atoms with Crippen LogP contribution < -0.4 is 9.62 Å². The Hall–Kier alpha value is -2.77. The number of aryl methyl sites for hydroxylation is 2. The lowest BCUT2D eigenvalue weighted by molar-refractivity contribution is -0.119. The zero-order valence-electron chi connectivity index (χ0n) is 18.3. The number of nitrogens with one attached hydrogen (secondary N) is 1. The lowest BCUT2D eigenvalue weighted by Gasteiger charge is -2.25. The summed E-state index contributed by atoms with van der Waals surface area (Å²) in [5, 5.41) is 2.86. The standard InChI is InChI=1S/C25H28N2O3S2/c1-20-13-15-22(16-14-20)31-18-8-17-26-25(28)19-27(24-12-7-6-9-21(24)2)32(29,30)23-10-4-3-5-11-23/h3-7,9-16H,8,17-19H2,1-2H3,(H,26,28). The average Bonchev–Trinajstić information content (AvgIpc) is 2.79. The van der Waals surface area contributed by atoms with E-state index in [2.05, 4.69) is 36.5 Å². The highest BCUT2D eigenvalue weighted by Crippen LogP contribution is 2.26. The predicted molar refractivity (Wildman–Crippen MR) is 132 cm³/mol. The monoisotopic (exact) mass is 468 g/mol. The molecule has 0 aliphatic carbocycles. The highest BCUT2D eigenvalue weighted by Gasteiger charge is 2.27. The smallest absolute Gasteiger partial charge is 0.264 e. The summed E-state index contributed by atoms with van der Waals surface area (Å²) in [6.45, 7) is 4.11. The first-order valence-electron chi connectivity index (χ1n) is 10.5. The summed E-state index contributed by atoms with van der Waals surface area (Å²) in [6, 6.07) is 23.7. The van der Waals surface area contributed by atoms with Crippen LogP contribution in [0, 0.1) is 13.8 Å². The molecule has 0 heterocycles. The summed E-state index contributed by atoms with van der Waals surface area (Å²) >= 11 is 1.74. The molecule has 0 aliphatic heterocycles. The fraction of sp³-hybridized carbons (Fsp3) is 0.240. The summed E-state index contributed by atoms with van der Waals surface area (Å²) in [6.07, 6.45) is 0.792. The number of anilines is 1. The number of hydrogen-bond donors (Lipinski definition) is 1. The molecule has 168 valence electrons. The van der Waals surface area contributed by atoms with Crippen LogP contribution in [0.5, 0.6) is 0 Å². The predicted octanol–water partition coefficient (Wildman–Crippen LogP) is 4.80. The van der Waals surface area contributed by atoms with E-state index in [1.807, 2.05) is 19.1 Å². The molecule has 0 saturated heterocycles. The van der Waals surface area contributed by atoms with Gasteiger partial charge < -0.3 is 5.32 Å². The topological polar surface area (TPSA) is 66.5 Å². The highest BCUT2D eigenvalue weighted by molar-refractivity contribution is 7.99. The van der Waals surface area contributed by atoms with Gasteiger partial charge in [0.15, 0.2) is 0 Å². The van der Waals surface area contributed by atoms with Gasteiger partial charge in [-0.15, -0.1) is 11.8 Å². The number of amides is 1. The SMILES string of the molecule is Cc1ccc(SCCCNC(=O)CN(c2ccccc2C)S(=O)(=O)c2ccccc2)cc1. The number of carbonyl (C=O) groups is 1. The third kappa shape index (κ3) is 6.37. The molecule has 1 amide bonds. The minimum Gasteiger partial charge on any atom is -0.354 e. The fourth-order valence-corrected chi connectivity index (χ4v) is 5.53. The van der Waals surface area contributed by atoms with E-state index in [0.717, 1.165) is 17.7 Å². The molecule has 0 unspecified atom stereocenters. The lowest BCUT2D eigenvalue weighted by Crippen LogP contribution is -2.41. The number of para-hydroxylation sites is 1. The van der Waals surface area contributed by atoms with E-state index in [-0.39, 0.29) is 17.3 Å². The van der Waals surface area contributed by atoms with Crippen molar-refractivity contribution >= 4 is 33.4 Å². The Morgan fingerprint density at radius 2 is 1.56 bits per heavy atom. The van der Waals surface area contributed by atoms with Crippen LogP contribution in [0.4, 0.5) is 5.69 Å². The normalized spacial score (nSPS) is 11.2. The highest BCUT2D eigenvalue weighted by atomic mass is 32.2. The van der Waals surface area contributed by atoms with Crippen LogP contribution >= 0.6 is 11.8 Å². The quantitative estimate of drug-likeness (QED) is 0.343. The second-order valence-corrected chi connectivity index (χ2v) is 10.5. The molecule has 0 radical (unpaired) electrons. The largest absolute Gasteiger partial charge is 0.354 e. The van der Waals surface area contributed by atoms with Gasteiger partial charge in [-0.2, -0.15) is 0 Å². The van der Waals surface area contributed by atoms with Crippen LogP contribution in [0.1, 0.15) is 17.5 Å². The molecule has 0 aromatic heterocycles. The first-order valence-corrected chi connectivity index (χ1v) is 12.9. The Kier molecular flexibility index (Phi) is 8.36. The second-order valence-electron chi connectivity index (χ2n) is 7.48. The number of sulfonamides is 1. The Balaban J connectivity index is 1.62. The van der Waals surface area contributed by atoms with Gasteiger partial charge in [0.1, 0.15) is 6.54 Å². The van der Waals surface area contributed by atoms with Gasteiger partial charge in [0.2, 0.25) is 5.91 Å². The molecule has 0 fully saturated rings. The molecule has 0 spiro atoms. The summed E-state index contributed by atoms with van der Waals surface area (Å²) in [5.74, 6) is 0.542. The van der Waals surface area contributed by atoms with Gasteiger partial charge in [-0.1, -0.05) is 54.1 Å². The van der Waals surface area contributed by atoms with Gasteiger partial charge in [-0.05, 0) is 61.9 Å². The van der Waals surface area contributed by atoms with Crippen LogP contribution in [0.25, 0.3) is 0 Å². The molecule has 7 heteroatoms. The van der Waals surface area contributed by atoms with Gasteiger partial charge in [-0.3, -0.25) is 9.10 Å². The molecule has 0 atom stereocenters.